The maximum Gasteiger partial charge on any atom is 0.255 e. The molecule has 0 radical (unpaired) electrons. The molecule has 0 unspecified atom stereocenters. The van der Waals surface area contributed by atoms with Gasteiger partial charge in [-0.2, -0.15) is 0 Å². The molecule has 20 heavy (non-hydrogen) atoms. The summed E-state index contributed by atoms with van der Waals surface area (Å²) in [5.41, 5.74) is 2.95. The van der Waals surface area contributed by atoms with E-state index in [4.69, 9.17) is 11.6 Å². The van der Waals surface area contributed by atoms with E-state index in [2.05, 4.69) is 5.32 Å². The van der Waals surface area contributed by atoms with Crippen molar-refractivity contribution in [1.29, 1.82) is 0 Å². The van der Waals surface area contributed by atoms with Crippen LogP contribution in [0.5, 0.6) is 0 Å². The Labute approximate surface area is 123 Å². The Balaban J connectivity index is 2.13. The second-order valence-electron chi connectivity index (χ2n) is 5.19. The number of pyridine rings is 1. The Morgan fingerprint density at radius 1 is 1.20 bits per heavy atom. The summed E-state index contributed by atoms with van der Waals surface area (Å²) in [5, 5.41) is 3.76. The Morgan fingerprint density at radius 2 is 1.90 bits per heavy atom. The molecule has 1 aliphatic carbocycles. The van der Waals surface area contributed by atoms with Crippen LogP contribution in [-0.2, 0) is 6.54 Å². The molecular formula is C16H17ClN2O. The molecule has 1 aromatic heterocycles. The molecule has 0 saturated heterocycles. The molecule has 1 fully saturated rings. The van der Waals surface area contributed by atoms with Crippen LogP contribution in [0.4, 0.5) is 0 Å². The van der Waals surface area contributed by atoms with Crippen molar-refractivity contribution < 1.29 is 0 Å². The van der Waals surface area contributed by atoms with Gasteiger partial charge in [0.15, 0.2) is 0 Å². The van der Waals surface area contributed by atoms with E-state index in [9.17, 15) is 4.79 Å². The fraction of sp³-hybridized carbons (Fsp3) is 0.312. The van der Waals surface area contributed by atoms with Crippen LogP contribution >= 0.6 is 11.6 Å². The average Bonchev–Trinajstić information content (AvgIpc) is 3.26. The van der Waals surface area contributed by atoms with E-state index in [0.717, 1.165) is 29.7 Å². The van der Waals surface area contributed by atoms with Gasteiger partial charge < -0.3 is 9.88 Å². The van der Waals surface area contributed by atoms with Crippen LogP contribution in [0.25, 0.3) is 11.3 Å². The van der Waals surface area contributed by atoms with Crippen LogP contribution in [-0.4, -0.2) is 11.6 Å². The third-order valence-electron chi connectivity index (χ3n) is 3.61. The zero-order valence-electron chi connectivity index (χ0n) is 11.4. The van der Waals surface area contributed by atoms with Crippen molar-refractivity contribution >= 4 is 11.6 Å². The van der Waals surface area contributed by atoms with E-state index >= 15 is 0 Å². The maximum absolute atomic E-state index is 12.6. The van der Waals surface area contributed by atoms with Crippen LogP contribution in [0.1, 0.15) is 24.4 Å². The summed E-state index contributed by atoms with van der Waals surface area (Å²) in [6.45, 7) is 0.604. The SMILES string of the molecule is CNCc1ccc(-c2ccc(Cl)cc2)n(C2CC2)c1=O. The van der Waals surface area contributed by atoms with E-state index in [1.807, 2.05) is 48.0 Å². The number of halogens is 1. The van der Waals surface area contributed by atoms with Gasteiger partial charge in [-0.05, 0) is 43.7 Å². The standard InChI is InChI=1S/C16H17ClN2O/c1-18-10-12-4-9-15(11-2-5-13(17)6-3-11)19(16(12)20)14-7-8-14/h2-6,9,14,18H,7-8,10H2,1H3. The topological polar surface area (TPSA) is 34.0 Å². The molecule has 3 nitrogen and oxygen atoms in total. The highest BCUT2D eigenvalue weighted by molar-refractivity contribution is 6.30. The normalized spacial score (nSPS) is 14.5. The molecule has 3 rings (SSSR count). The van der Waals surface area contributed by atoms with Crippen LogP contribution in [0.3, 0.4) is 0 Å². The summed E-state index contributed by atoms with van der Waals surface area (Å²) in [7, 11) is 1.86. The largest absolute Gasteiger partial charge is 0.315 e. The molecule has 1 aromatic carbocycles. The lowest BCUT2D eigenvalue weighted by molar-refractivity contribution is 0.691. The van der Waals surface area contributed by atoms with Crippen LogP contribution in [0, 0.1) is 0 Å². The summed E-state index contributed by atoms with van der Waals surface area (Å²) >= 11 is 5.93. The fourth-order valence-electron chi connectivity index (χ4n) is 2.47. The zero-order valence-corrected chi connectivity index (χ0v) is 12.2. The van der Waals surface area contributed by atoms with Crippen molar-refractivity contribution in [2.24, 2.45) is 0 Å². The monoisotopic (exact) mass is 288 g/mol. The van der Waals surface area contributed by atoms with Crippen LogP contribution in [0.2, 0.25) is 5.02 Å². The van der Waals surface area contributed by atoms with Crippen LogP contribution < -0.4 is 10.9 Å². The lowest BCUT2D eigenvalue weighted by Gasteiger charge is -2.14. The Hall–Kier alpha value is -1.58. The van der Waals surface area contributed by atoms with Gasteiger partial charge in [0.05, 0.1) is 5.69 Å². The highest BCUT2D eigenvalue weighted by Crippen LogP contribution is 2.37. The molecule has 1 aliphatic rings. The van der Waals surface area contributed by atoms with E-state index < -0.39 is 0 Å². The molecule has 104 valence electrons. The number of hydrogen-bond donors (Lipinski definition) is 1. The van der Waals surface area contributed by atoms with Gasteiger partial charge in [0, 0.05) is 23.2 Å². The second kappa shape index (κ2) is 5.43. The van der Waals surface area contributed by atoms with E-state index in [1.165, 1.54) is 0 Å². The molecular weight excluding hydrogens is 272 g/mol. The van der Waals surface area contributed by atoms with Gasteiger partial charge in [-0.25, -0.2) is 0 Å². The van der Waals surface area contributed by atoms with Crippen molar-refractivity contribution in [2.75, 3.05) is 7.05 Å². The van der Waals surface area contributed by atoms with Crippen molar-refractivity contribution in [3.05, 3.63) is 57.3 Å². The maximum atomic E-state index is 12.6. The second-order valence-corrected chi connectivity index (χ2v) is 5.62. The molecule has 1 heterocycles. The van der Waals surface area contributed by atoms with E-state index in [-0.39, 0.29) is 5.56 Å². The molecule has 0 atom stereocenters. The first-order chi connectivity index (χ1) is 9.70. The highest BCUT2D eigenvalue weighted by Gasteiger charge is 2.27. The average molecular weight is 289 g/mol. The first-order valence-electron chi connectivity index (χ1n) is 6.85. The Morgan fingerprint density at radius 3 is 2.50 bits per heavy atom. The third kappa shape index (κ3) is 2.51. The molecule has 2 aromatic rings. The first kappa shape index (κ1) is 13.4. The van der Waals surface area contributed by atoms with Gasteiger partial charge in [-0.1, -0.05) is 29.8 Å². The predicted octanol–water partition coefficient (Wildman–Crippen LogP) is 3.22. The summed E-state index contributed by atoms with van der Waals surface area (Å²) in [6, 6.07) is 12.0. The van der Waals surface area contributed by atoms with Gasteiger partial charge in [-0.3, -0.25) is 4.79 Å². The van der Waals surface area contributed by atoms with Crippen molar-refractivity contribution in [3.8, 4) is 11.3 Å². The number of aromatic nitrogens is 1. The smallest absolute Gasteiger partial charge is 0.255 e. The van der Waals surface area contributed by atoms with Gasteiger partial charge in [-0.15, -0.1) is 0 Å². The lowest BCUT2D eigenvalue weighted by atomic mass is 10.1. The minimum absolute atomic E-state index is 0.120. The summed E-state index contributed by atoms with van der Waals surface area (Å²) < 4.78 is 1.94. The van der Waals surface area contributed by atoms with E-state index in [1.54, 1.807) is 0 Å². The van der Waals surface area contributed by atoms with E-state index in [0.29, 0.717) is 17.6 Å². The molecule has 4 heteroatoms. The highest BCUT2D eigenvalue weighted by atomic mass is 35.5. The molecule has 0 aliphatic heterocycles. The minimum Gasteiger partial charge on any atom is -0.315 e. The summed E-state index contributed by atoms with van der Waals surface area (Å²) in [6.07, 6.45) is 2.17. The Kier molecular flexibility index (Phi) is 3.64. The van der Waals surface area contributed by atoms with Gasteiger partial charge in [0.2, 0.25) is 0 Å². The predicted molar refractivity (Wildman–Crippen MR) is 82.2 cm³/mol. The fourth-order valence-corrected chi connectivity index (χ4v) is 2.60. The molecule has 1 N–H and O–H groups in total. The third-order valence-corrected chi connectivity index (χ3v) is 3.87. The van der Waals surface area contributed by atoms with Crippen molar-refractivity contribution in [3.63, 3.8) is 0 Å². The van der Waals surface area contributed by atoms with Crippen molar-refractivity contribution in [1.82, 2.24) is 9.88 Å². The number of benzene rings is 1. The quantitative estimate of drug-likeness (QED) is 0.937. The van der Waals surface area contributed by atoms with Gasteiger partial charge in [0.25, 0.3) is 5.56 Å². The van der Waals surface area contributed by atoms with Gasteiger partial charge in [0.1, 0.15) is 0 Å². The zero-order chi connectivity index (χ0) is 14.1. The van der Waals surface area contributed by atoms with Crippen LogP contribution in [0.15, 0.2) is 41.2 Å². The molecule has 0 amide bonds. The molecule has 0 bridgehead atoms. The Bertz CT molecular complexity index is 672. The molecule has 1 saturated carbocycles. The minimum atomic E-state index is 0.120. The summed E-state index contributed by atoms with van der Waals surface area (Å²) in [5.74, 6) is 0. The summed E-state index contributed by atoms with van der Waals surface area (Å²) in [4.78, 5) is 12.6. The lowest BCUT2D eigenvalue weighted by Crippen LogP contribution is -2.26. The number of nitrogens with one attached hydrogen (secondary N) is 1. The van der Waals surface area contributed by atoms with Gasteiger partial charge >= 0.3 is 0 Å². The number of nitrogens with zero attached hydrogens (tertiary/aromatic N) is 1. The molecule has 0 spiro atoms. The van der Waals surface area contributed by atoms with Crippen molar-refractivity contribution in [2.45, 2.75) is 25.4 Å². The number of rotatable bonds is 4. The first-order valence-corrected chi connectivity index (χ1v) is 7.23. The number of hydrogen-bond acceptors (Lipinski definition) is 2.